The van der Waals surface area contributed by atoms with E-state index in [-0.39, 0.29) is 18.3 Å². The third-order valence-corrected chi connectivity index (χ3v) is 7.55. The number of H-pyrrole nitrogens is 1. The molecule has 3 aliphatic rings. The van der Waals surface area contributed by atoms with Gasteiger partial charge in [-0.2, -0.15) is 0 Å². The third-order valence-electron chi connectivity index (χ3n) is 7.55. The van der Waals surface area contributed by atoms with Crippen molar-refractivity contribution in [2.24, 2.45) is 5.73 Å². The van der Waals surface area contributed by atoms with Crippen LogP contribution >= 0.6 is 0 Å². The van der Waals surface area contributed by atoms with E-state index in [0.29, 0.717) is 0 Å². The Balaban J connectivity index is 1.45. The maximum Gasteiger partial charge on any atom is 0.330 e. The van der Waals surface area contributed by atoms with Crippen molar-refractivity contribution in [1.29, 1.82) is 0 Å². The Hall–Kier alpha value is -2.50. The predicted octanol–water partition coefficient (Wildman–Crippen LogP) is -2.19. The third kappa shape index (κ3) is 5.20. The molecule has 38 heavy (non-hydrogen) atoms. The Morgan fingerprint density at radius 3 is 2.45 bits per heavy atom. The highest BCUT2D eigenvalue weighted by molar-refractivity contribution is 5.08. The molecule has 0 amide bonds. The van der Waals surface area contributed by atoms with Gasteiger partial charge in [0.05, 0.1) is 12.2 Å². The summed E-state index contributed by atoms with van der Waals surface area (Å²) in [4.78, 5) is 25.9. The highest BCUT2D eigenvalue weighted by Gasteiger charge is 2.52. The van der Waals surface area contributed by atoms with E-state index in [2.05, 4.69) is 15.3 Å². The quantitative estimate of drug-likeness (QED) is 0.207. The van der Waals surface area contributed by atoms with Gasteiger partial charge in [0.2, 0.25) is 0 Å². The second-order valence-electron chi connectivity index (χ2n) is 10.1. The Labute approximate surface area is 216 Å². The van der Waals surface area contributed by atoms with E-state index < -0.39 is 66.5 Å². The normalized spacial score (nSPS) is 35.4. The summed E-state index contributed by atoms with van der Waals surface area (Å²) in [5.41, 5.74) is 4.39. The maximum absolute atomic E-state index is 12.3. The number of ether oxygens (including phenoxy) is 3. The largest absolute Gasteiger partial charge is 0.387 e. The molecule has 2 unspecified atom stereocenters. The molecule has 2 saturated heterocycles. The van der Waals surface area contributed by atoms with E-state index in [0.717, 1.165) is 55.4 Å². The highest BCUT2D eigenvalue weighted by atomic mass is 16.7. The van der Waals surface area contributed by atoms with E-state index in [1.54, 1.807) is 10.9 Å². The SMILES string of the molecule is NC[C@H]1O[C@@H](OC(c2cn(C3CCCCCC3)nn2)C2O[C@@H](n3ccc(=O)[nH]c3=O)[C@H](O)[C@@H]2O)[C@H](O)[C@@H]1O. The minimum absolute atomic E-state index is 0.0704. The first-order chi connectivity index (χ1) is 18.3. The molecule has 4 heterocycles. The van der Waals surface area contributed by atoms with E-state index in [4.69, 9.17) is 19.9 Å². The van der Waals surface area contributed by atoms with Crippen molar-refractivity contribution in [2.75, 3.05) is 6.54 Å². The van der Waals surface area contributed by atoms with Crippen molar-refractivity contribution in [2.45, 2.75) is 99.8 Å². The number of nitrogens with zero attached hydrogens (tertiary/aromatic N) is 4. The van der Waals surface area contributed by atoms with Crippen molar-refractivity contribution in [3.05, 3.63) is 45.0 Å². The lowest BCUT2D eigenvalue weighted by atomic mass is 10.0. The van der Waals surface area contributed by atoms with E-state index in [1.165, 1.54) is 0 Å². The highest BCUT2D eigenvalue weighted by Crippen LogP contribution is 2.39. The van der Waals surface area contributed by atoms with Crippen LogP contribution in [-0.2, 0) is 14.2 Å². The molecule has 0 aromatic carbocycles. The molecular formula is C23H34N6O9. The second kappa shape index (κ2) is 11.3. The molecular weight excluding hydrogens is 504 g/mol. The maximum atomic E-state index is 12.3. The molecule has 210 valence electrons. The molecule has 5 rings (SSSR count). The van der Waals surface area contributed by atoms with Gasteiger partial charge in [-0.25, -0.2) is 9.48 Å². The Morgan fingerprint density at radius 1 is 1.05 bits per heavy atom. The summed E-state index contributed by atoms with van der Waals surface area (Å²) in [5, 5.41) is 51.1. The van der Waals surface area contributed by atoms with Crippen LogP contribution in [0.1, 0.15) is 62.6 Å². The molecule has 0 spiro atoms. The van der Waals surface area contributed by atoms with Crippen molar-refractivity contribution in [1.82, 2.24) is 24.5 Å². The second-order valence-corrected chi connectivity index (χ2v) is 10.1. The number of aromatic nitrogens is 5. The molecule has 0 radical (unpaired) electrons. The molecule has 0 bridgehead atoms. The van der Waals surface area contributed by atoms with Gasteiger partial charge in [-0.15, -0.1) is 5.10 Å². The summed E-state index contributed by atoms with van der Waals surface area (Å²) in [6.45, 7) is -0.0704. The Kier molecular flexibility index (Phi) is 8.06. The molecule has 2 aromatic rings. The van der Waals surface area contributed by atoms with Crippen LogP contribution in [0.4, 0.5) is 0 Å². The van der Waals surface area contributed by atoms with Crippen molar-refractivity contribution >= 4 is 0 Å². The predicted molar refractivity (Wildman–Crippen MR) is 128 cm³/mol. The van der Waals surface area contributed by atoms with E-state index in [9.17, 15) is 30.0 Å². The lowest BCUT2D eigenvalue weighted by Gasteiger charge is -2.28. The van der Waals surface area contributed by atoms with Gasteiger partial charge in [0.15, 0.2) is 12.5 Å². The summed E-state index contributed by atoms with van der Waals surface area (Å²) in [6, 6.07) is 1.21. The van der Waals surface area contributed by atoms with Gasteiger partial charge in [0.25, 0.3) is 5.56 Å². The summed E-state index contributed by atoms with van der Waals surface area (Å²) >= 11 is 0. The first-order valence-corrected chi connectivity index (χ1v) is 12.9. The van der Waals surface area contributed by atoms with Gasteiger partial charge < -0.3 is 40.4 Å². The molecule has 3 fully saturated rings. The molecule has 2 aliphatic heterocycles. The average molecular weight is 539 g/mol. The number of nitrogens with two attached hydrogens (primary N) is 1. The molecule has 7 N–H and O–H groups in total. The van der Waals surface area contributed by atoms with Gasteiger partial charge in [0.1, 0.15) is 48.4 Å². The van der Waals surface area contributed by atoms with Crippen LogP contribution in [0.2, 0.25) is 0 Å². The van der Waals surface area contributed by atoms with Crippen LogP contribution in [0, 0.1) is 0 Å². The number of hydrogen-bond donors (Lipinski definition) is 6. The fourth-order valence-corrected chi connectivity index (χ4v) is 5.40. The van der Waals surface area contributed by atoms with Crippen LogP contribution in [0.15, 0.2) is 28.0 Å². The molecule has 9 atom stereocenters. The Morgan fingerprint density at radius 2 is 1.79 bits per heavy atom. The number of hydrogen-bond acceptors (Lipinski definition) is 12. The van der Waals surface area contributed by atoms with Crippen LogP contribution < -0.4 is 17.0 Å². The van der Waals surface area contributed by atoms with Crippen LogP contribution in [0.3, 0.4) is 0 Å². The van der Waals surface area contributed by atoms with Crippen LogP contribution in [-0.4, -0.2) is 94.4 Å². The zero-order chi connectivity index (χ0) is 27.0. The number of aliphatic hydroxyl groups excluding tert-OH is 4. The molecule has 1 aliphatic carbocycles. The smallest absolute Gasteiger partial charge is 0.330 e. The van der Waals surface area contributed by atoms with Gasteiger partial charge in [-0.05, 0) is 12.8 Å². The molecule has 2 aromatic heterocycles. The number of nitrogens with one attached hydrogen (secondary N) is 1. The summed E-state index contributed by atoms with van der Waals surface area (Å²) in [6.07, 6.45) is -2.93. The van der Waals surface area contributed by atoms with Crippen molar-refractivity contribution < 1.29 is 34.6 Å². The fraction of sp³-hybridized carbons (Fsp3) is 0.739. The van der Waals surface area contributed by atoms with E-state index in [1.807, 2.05) is 0 Å². The Bertz CT molecular complexity index is 1190. The van der Waals surface area contributed by atoms with Gasteiger partial charge >= 0.3 is 5.69 Å². The van der Waals surface area contributed by atoms with E-state index >= 15 is 0 Å². The lowest BCUT2D eigenvalue weighted by molar-refractivity contribution is -0.224. The zero-order valence-electron chi connectivity index (χ0n) is 20.7. The summed E-state index contributed by atoms with van der Waals surface area (Å²) in [5.74, 6) is 0. The molecule has 15 heteroatoms. The molecule has 15 nitrogen and oxygen atoms in total. The lowest BCUT2D eigenvalue weighted by Crippen LogP contribution is -2.40. The molecule has 1 saturated carbocycles. The fourth-order valence-electron chi connectivity index (χ4n) is 5.40. The van der Waals surface area contributed by atoms with Crippen molar-refractivity contribution in [3.8, 4) is 0 Å². The number of aromatic amines is 1. The minimum atomic E-state index is -1.58. The first kappa shape index (κ1) is 27.1. The topological polar surface area (TPSA) is 220 Å². The van der Waals surface area contributed by atoms with Gasteiger partial charge in [-0.3, -0.25) is 14.3 Å². The standard InChI is InChI=1S/C23H34N6O9/c24-9-13-15(31)18(34)22(36-13)38-19(12-10-29(27-26-12)11-5-3-1-2-4-6-11)20-16(32)17(33)21(37-20)28-8-7-14(30)25-23(28)35/h7-8,10-11,13,15-22,31-34H,1-6,9,24H2,(H,25,30,35)/t13-,15-,16+,17-,18-,19?,20?,21-,22+/m1/s1. The number of rotatable bonds is 7. The number of aliphatic hydroxyl groups is 4. The minimum Gasteiger partial charge on any atom is -0.387 e. The summed E-state index contributed by atoms with van der Waals surface area (Å²) < 4.78 is 20.2. The van der Waals surface area contributed by atoms with Gasteiger partial charge in [-0.1, -0.05) is 30.9 Å². The average Bonchev–Trinajstić information content (AvgIpc) is 3.48. The van der Waals surface area contributed by atoms with Crippen LogP contribution in [0.5, 0.6) is 0 Å². The zero-order valence-corrected chi connectivity index (χ0v) is 20.7. The monoisotopic (exact) mass is 538 g/mol. The summed E-state index contributed by atoms with van der Waals surface area (Å²) in [7, 11) is 0. The van der Waals surface area contributed by atoms with Crippen molar-refractivity contribution in [3.63, 3.8) is 0 Å². The van der Waals surface area contributed by atoms with Crippen LogP contribution in [0.25, 0.3) is 0 Å². The van der Waals surface area contributed by atoms with Gasteiger partial charge in [0, 0.05) is 18.8 Å². The first-order valence-electron chi connectivity index (χ1n) is 12.9.